The number of terminal acetylenes is 1. The molecule has 0 atom stereocenters. The van der Waals surface area contributed by atoms with Crippen molar-refractivity contribution in [3.8, 4) is 12.3 Å². The highest BCUT2D eigenvalue weighted by Crippen LogP contribution is 2.16. The van der Waals surface area contributed by atoms with E-state index < -0.39 is 11.6 Å². The predicted molar refractivity (Wildman–Crippen MR) is 61.2 cm³/mol. The Labute approximate surface area is 94.9 Å². The van der Waals surface area contributed by atoms with Gasteiger partial charge in [0.1, 0.15) is 11.6 Å². The topological polar surface area (TPSA) is 12.0 Å². The minimum atomic E-state index is -0.551. The summed E-state index contributed by atoms with van der Waals surface area (Å²) >= 11 is 0. The third-order valence-electron chi connectivity index (χ3n) is 2.34. The second-order valence-electron chi connectivity index (χ2n) is 3.52. The van der Waals surface area contributed by atoms with Crippen LogP contribution in [-0.4, -0.2) is 13.1 Å². The molecule has 0 amide bonds. The minimum Gasteiger partial charge on any atom is -0.317 e. The van der Waals surface area contributed by atoms with Gasteiger partial charge in [-0.1, -0.05) is 12.8 Å². The molecule has 3 heteroatoms. The molecule has 0 radical (unpaired) electrons. The largest absolute Gasteiger partial charge is 0.317 e. The lowest BCUT2D eigenvalue weighted by Crippen LogP contribution is -2.15. The van der Waals surface area contributed by atoms with E-state index in [1.54, 1.807) is 0 Å². The first-order chi connectivity index (χ1) is 7.69. The highest BCUT2D eigenvalue weighted by Gasteiger charge is 2.09. The average molecular weight is 223 g/mol. The Morgan fingerprint density at radius 3 is 2.44 bits per heavy atom. The summed E-state index contributed by atoms with van der Waals surface area (Å²) in [7, 11) is 0. The van der Waals surface area contributed by atoms with Gasteiger partial charge in [-0.05, 0) is 38.1 Å². The van der Waals surface area contributed by atoms with Crippen molar-refractivity contribution in [2.45, 2.75) is 19.8 Å². The molecule has 0 saturated carbocycles. The summed E-state index contributed by atoms with van der Waals surface area (Å²) < 4.78 is 26.9. The van der Waals surface area contributed by atoms with E-state index in [1.165, 1.54) is 12.1 Å². The van der Waals surface area contributed by atoms with Gasteiger partial charge in [0, 0.05) is 11.1 Å². The van der Waals surface area contributed by atoms with Crippen molar-refractivity contribution in [2.24, 2.45) is 0 Å². The van der Waals surface area contributed by atoms with Gasteiger partial charge in [0.2, 0.25) is 0 Å². The normalized spacial score (nSPS) is 10.1. The molecule has 1 aromatic carbocycles. The lowest BCUT2D eigenvalue weighted by molar-refractivity contribution is 0.544. The van der Waals surface area contributed by atoms with Crippen LogP contribution < -0.4 is 5.32 Å². The van der Waals surface area contributed by atoms with Gasteiger partial charge < -0.3 is 5.32 Å². The van der Waals surface area contributed by atoms with Gasteiger partial charge >= 0.3 is 0 Å². The van der Waals surface area contributed by atoms with E-state index in [0.29, 0.717) is 12.8 Å². The molecule has 1 N–H and O–H groups in total. The number of rotatable bonds is 5. The van der Waals surface area contributed by atoms with Crippen molar-refractivity contribution >= 4 is 0 Å². The van der Waals surface area contributed by atoms with Crippen LogP contribution in [0.4, 0.5) is 8.78 Å². The van der Waals surface area contributed by atoms with Crippen LogP contribution in [0, 0.1) is 24.0 Å². The molecule has 0 unspecified atom stereocenters. The molecule has 0 heterocycles. The first-order valence-electron chi connectivity index (χ1n) is 5.34. The van der Waals surface area contributed by atoms with E-state index in [0.717, 1.165) is 13.1 Å². The number of benzene rings is 1. The molecule has 1 nitrogen and oxygen atoms in total. The lowest BCUT2D eigenvalue weighted by atomic mass is 10.1. The van der Waals surface area contributed by atoms with Crippen LogP contribution in [0.25, 0.3) is 0 Å². The molecule has 1 aromatic rings. The summed E-state index contributed by atoms with van der Waals surface area (Å²) in [6.45, 7) is 3.61. The highest BCUT2D eigenvalue weighted by molar-refractivity contribution is 5.36. The molecule has 1 rings (SSSR count). The third kappa shape index (κ3) is 3.32. The van der Waals surface area contributed by atoms with Gasteiger partial charge in [-0.25, -0.2) is 8.78 Å². The summed E-state index contributed by atoms with van der Waals surface area (Å²) in [6.07, 6.45) is 6.17. The highest BCUT2D eigenvalue weighted by atomic mass is 19.1. The van der Waals surface area contributed by atoms with Crippen molar-refractivity contribution in [2.75, 3.05) is 13.1 Å². The Hall–Kier alpha value is -1.40. The van der Waals surface area contributed by atoms with Crippen LogP contribution in [0.5, 0.6) is 0 Å². The quantitative estimate of drug-likeness (QED) is 0.597. The molecular weight excluding hydrogens is 208 g/mol. The molecule has 0 fully saturated rings. The number of hydrogen-bond acceptors (Lipinski definition) is 1. The second-order valence-corrected chi connectivity index (χ2v) is 3.52. The monoisotopic (exact) mass is 223 g/mol. The summed E-state index contributed by atoms with van der Waals surface area (Å²) in [6, 6.07) is 2.40. The third-order valence-corrected chi connectivity index (χ3v) is 2.34. The lowest BCUT2D eigenvalue weighted by Gasteiger charge is -2.06. The number of halogens is 2. The summed E-state index contributed by atoms with van der Waals surface area (Å²) in [5.74, 6) is 1.12. The summed E-state index contributed by atoms with van der Waals surface area (Å²) in [4.78, 5) is 0. The van der Waals surface area contributed by atoms with Crippen LogP contribution >= 0.6 is 0 Å². The molecule has 0 aliphatic rings. The SMILES string of the molecule is C#Cc1cc(F)c(CCCNCC)c(F)c1. The summed E-state index contributed by atoms with van der Waals surface area (Å²) in [5.41, 5.74) is 0.363. The van der Waals surface area contributed by atoms with Gasteiger partial charge in [-0.2, -0.15) is 0 Å². The van der Waals surface area contributed by atoms with Crippen molar-refractivity contribution in [3.63, 3.8) is 0 Å². The number of hydrogen-bond donors (Lipinski definition) is 1. The van der Waals surface area contributed by atoms with Crippen LogP contribution in [0.3, 0.4) is 0 Å². The van der Waals surface area contributed by atoms with Gasteiger partial charge in [0.25, 0.3) is 0 Å². The average Bonchev–Trinajstić information content (AvgIpc) is 2.26. The van der Waals surface area contributed by atoms with E-state index in [-0.39, 0.29) is 11.1 Å². The summed E-state index contributed by atoms with van der Waals surface area (Å²) in [5, 5.41) is 3.10. The minimum absolute atomic E-state index is 0.122. The molecule has 0 aliphatic carbocycles. The molecular formula is C13H15F2N. The zero-order valence-electron chi connectivity index (χ0n) is 9.32. The van der Waals surface area contributed by atoms with Crippen molar-refractivity contribution < 1.29 is 8.78 Å². The van der Waals surface area contributed by atoms with E-state index in [4.69, 9.17) is 6.42 Å². The molecule has 0 aliphatic heterocycles. The van der Waals surface area contributed by atoms with Crippen molar-refractivity contribution in [1.82, 2.24) is 5.32 Å². The molecule has 86 valence electrons. The Morgan fingerprint density at radius 1 is 1.31 bits per heavy atom. The van der Waals surface area contributed by atoms with E-state index in [9.17, 15) is 8.78 Å². The molecule has 0 saturated heterocycles. The Kier molecular flexibility index (Phi) is 4.94. The Bertz CT molecular complexity index is 370. The van der Waals surface area contributed by atoms with E-state index in [2.05, 4.69) is 11.2 Å². The molecule has 0 aromatic heterocycles. The molecule has 0 bridgehead atoms. The molecule has 16 heavy (non-hydrogen) atoms. The van der Waals surface area contributed by atoms with Crippen molar-refractivity contribution in [3.05, 3.63) is 34.9 Å². The van der Waals surface area contributed by atoms with Gasteiger partial charge in [-0.3, -0.25) is 0 Å². The van der Waals surface area contributed by atoms with Crippen LogP contribution in [0.1, 0.15) is 24.5 Å². The zero-order valence-corrected chi connectivity index (χ0v) is 9.32. The Morgan fingerprint density at radius 2 is 1.94 bits per heavy atom. The fraction of sp³-hybridized carbons (Fsp3) is 0.385. The number of nitrogens with one attached hydrogen (secondary N) is 1. The predicted octanol–water partition coefficient (Wildman–Crippen LogP) is 2.49. The van der Waals surface area contributed by atoms with Crippen LogP contribution in [-0.2, 0) is 6.42 Å². The Balaban J connectivity index is 2.70. The smallest absolute Gasteiger partial charge is 0.130 e. The van der Waals surface area contributed by atoms with Gasteiger partial charge in [0.15, 0.2) is 0 Å². The fourth-order valence-corrected chi connectivity index (χ4v) is 1.49. The maximum Gasteiger partial charge on any atom is 0.130 e. The second kappa shape index (κ2) is 6.24. The van der Waals surface area contributed by atoms with Crippen LogP contribution in [0.15, 0.2) is 12.1 Å². The maximum atomic E-state index is 13.5. The van der Waals surface area contributed by atoms with Crippen LogP contribution in [0.2, 0.25) is 0 Å². The van der Waals surface area contributed by atoms with E-state index in [1.807, 2.05) is 6.92 Å². The van der Waals surface area contributed by atoms with Crippen molar-refractivity contribution in [1.29, 1.82) is 0 Å². The van der Waals surface area contributed by atoms with E-state index >= 15 is 0 Å². The van der Waals surface area contributed by atoms with Gasteiger partial charge in [0.05, 0.1) is 0 Å². The fourth-order valence-electron chi connectivity index (χ4n) is 1.49. The maximum absolute atomic E-state index is 13.5. The van der Waals surface area contributed by atoms with Gasteiger partial charge in [-0.15, -0.1) is 6.42 Å². The standard InChI is InChI=1S/C13H15F2N/c1-3-10-8-12(14)11(13(15)9-10)6-5-7-16-4-2/h1,8-9,16H,4-7H2,2H3. The first kappa shape index (κ1) is 12.7. The first-order valence-corrected chi connectivity index (χ1v) is 5.34. The zero-order chi connectivity index (χ0) is 12.0. The molecule has 0 spiro atoms.